The molecular formula is C18H41NO2Si. The van der Waals surface area contributed by atoms with Gasteiger partial charge in [0, 0.05) is 8.07 Å². The van der Waals surface area contributed by atoms with E-state index in [9.17, 15) is 0 Å². The predicted molar refractivity (Wildman–Crippen MR) is 100 cm³/mol. The van der Waals surface area contributed by atoms with Crippen LogP contribution in [0.3, 0.4) is 0 Å². The molecule has 0 fully saturated rings. The van der Waals surface area contributed by atoms with Crippen LogP contribution in [0.15, 0.2) is 0 Å². The molecule has 4 N–H and O–H groups in total. The van der Waals surface area contributed by atoms with E-state index < -0.39 is 13.6 Å². The molecule has 3 nitrogen and oxygen atoms in total. The molecule has 0 bridgehead atoms. The predicted octanol–water partition coefficient (Wildman–Crippen LogP) is 4.30. The van der Waals surface area contributed by atoms with Gasteiger partial charge < -0.3 is 15.9 Å². The Kier molecular flexibility index (Phi) is 12.6. The second-order valence-electron chi connectivity index (χ2n) is 8.27. The van der Waals surface area contributed by atoms with E-state index >= 15 is 0 Å². The van der Waals surface area contributed by atoms with Gasteiger partial charge in [-0.3, -0.25) is 0 Å². The van der Waals surface area contributed by atoms with Crippen LogP contribution in [0.2, 0.25) is 25.7 Å². The first-order valence-electron chi connectivity index (χ1n) is 9.34. The van der Waals surface area contributed by atoms with Crippen molar-refractivity contribution in [2.75, 3.05) is 13.2 Å². The highest BCUT2D eigenvalue weighted by atomic mass is 28.3. The minimum absolute atomic E-state index is 0.124. The van der Waals surface area contributed by atoms with Crippen molar-refractivity contribution in [1.29, 1.82) is 0 Å². The second-order valence-corrected chi connectivity index (χ2v) is 13.9. The van der Waals surface area contributed by atoms with Crippen LogP contribution in [-0.2, 0) is 0 Å². The molecule has 0 rings (SSSR count). The average Bonchev–Trinajstić information content (AvgIpc) is 2.47. The summed E-state index contributed by atoms with van der Waals surface area (Å²) < 4.78 is 0. The normalized spacial score (nSPS) is 12.8. The Hall–Kier alpha value is 0.0969. The molecule has 0 aliphatic heterocycles. The lowest BCUT2D eigenvalue weighted by atomic mass is 9.94. The summed E-state index contributed by atoms with van der Waals surface area (Å²) in [5.41, 5.74) is 5.08. The molecule has 0 spiro atoms. The van der Waals surface area contributed by atoms with Gasteiger partial charge in [-0.15, -0.1) is 0 Å². The number of rotatable bonds is 15. The van der Waals surface area contributed by atoms with Crippen LogP contribution in [0, 0.1) is 0 Å². The summed E-state index contributed by atoms with van der Waals surface area (Å²) in [6.45, 7) is 7.14. The molecule has 0 atom stereocenters. The molecule has 0 aromatic heterocycles. The van der Waals surface area contributed by atoms with Crippen molar-refractivity contribution in [3.05, 3.63) is 0 Å². The molecule has 134 valence electrons. The van der Waals surface area contributed by atoms with E-state index in [1.165, 1.54) is 57.4 Å². The lowest BCUT2D eigenvalue weighted by molar-refractivity contribution is 0.112. The number of unbranched alkanes of at least 4 members (excludes halogenated alkanes) is 9. The molecule has 0 amide bonds. The molecule has 0 saturated carbocycles. The topological polar surface area (TPSA) is 66.5 Å². The lowest BCUT2D eigenvalue weighted by Gasteiger charge is -2.24. The van der Waals surface area contributed by atoms with Gasteiger partial charge >= 0.3 is 0 Å². The van der Waals surface area contributed by atoms with Crippen LogP contribution in [-0.4, -0.2) is 37.0 Å². The number of hydrogen-bond donors (Lipinski definition) is 3. The first-order valence-corrected chi connectivity index (χ1v) is 13.0. The fraction of sp³-hybridized carbons (Fsp3) is 1.00. The molecule has 0 aliphatic carbocycles. The van der Waals surface area contributed by atoms with Gasteiger partial charge in [-0.1, -0.05) is 89.9 Å². The van der Waals surface area contributed by atoms with E-state index in [2.05, 4.69) is 19.6 Å². The third kappa shape index (κ3) is 13.7. The average molecular weight is 332 g/mol. The molecule has 0 heterocycles. The van der Waals surface area contributed by atoms with Crippen LogP contribution in [0.1, 0.15) is 70.6 Å². The minimum atomic E-state index is -0.811. The number of nitrogens with two attached hydrogens (primary N) is 1. The Morgan fingerprint density at radius 2 is 1.05 bits per heavy atom. The number of aliphatic hydroxyl groups excluding tert-OH is 2. The summed E-state index contributed by atoms with van der Waals surface area (Å²) in [5, 5.41) is 18.2. The summed E-state index contributed by atoms with van der Waals surface area (Å²) in [6.07, 6.45) is 13.8. The van der Waals surface area contributed by atoms with Gasteiger partial charge in [-0.2, -0.15) is 0 Å². The fourth-order valence-corrected chi connectivity index (χ4v) is 4.07. The summed E-state index contributed by atoms with van der Waals surface area (Å²) in [6, 6.07) is 1.48. The van der Waals surface area contributed by atoms with Crippen LogP contribution in [0.5, 0.6) is 0 Å². The van der Waals surface area contributed by atoms with Gasteiger partial charge in [0.15, 0.2) is 0 Å². The smallest absolute Gasteiger partial charge is 0.0633 e. The maximum absolute atomic E-state index is 9.11. The van der Waals surface area contributed by atoms with Crippen LogP contribution >= 0.6 is 0 Å². The standard InChI is InChI=1S/C18H41NO2Si/c1-22(2,3)15-13-11-9-7-5-4-6-8-10-12-14-18(19,16-20)17-21/h20-21H,4-17,19H2,1-3H3. The van der Waals surface area contributed by atoms with E-state index in [-0.39, 0.29) is 13.2 Å². The zero-order valence-electron chi connectivity index (χ0n) is 15.4. The zero-order chi connectivity index (χ0) is 16.9. The first-order chi connectivity index (χ1) is 10.3. The van der Waals surface area contributed by atoms with Gasteiger partial charge in [0.25, 0.3) is 0 Å². The van der Waals surface area contributed by atoms with Crippen LogP contribution in [0.4, 0.5) is 0 Å². The Bertz CT molecular complexity index is 250. The van der Waals surface area contributed by atoms with Gasteiger partial charge in [-0.25, -0.2) is 0 Å². The third-order valence-electron chi connectivity index (χ3n) is 4.48. The monoisotopic (exact) mass is 331 g/mol. The van der Waals surface area contributed by atoms with E-state index in [0.717, 1.165) is 19.3 Å². The maximum Gasteiger partial charge on any atom is 0.0633 e. The van der Waals surface area contributed by atoms with E-state index in [4.69, 9.17) is 15.9 Å². The van der Waals surface area contributed by atoms with E-state index in [1.807, 2.05) is 0 Å². The SMILES string of the molecule is C[Si](C)(C)CCCCCCCCCCCCC(N)(CO)CO. The quantitative estimate of drug-likeness (QED) is 0.310. The van der Waals surface area contributed by atoms with E-state index in [0.29, 0.717) is 0 Å². The van der Waals surface area contributed by atoms with Gasteiger partial charge in [0.2, 0.25) is 0 Å². The lowest BCUT2D eigenvalue weighted by Crippen LogP contribution is -2.47. The van der Waals surface area contributed by atoms with Crippen molar-refractivity contribution in [3.63, 3.8) is 0 Å². The highest BCUT2D eigenvalue weighted by molar-refractivity contribution is 6.76. The van der Waals surface area contributed by atoms with Crippen molar-refractivity contribution in [1.82, 2.24) is 0 Å². The third-order valence-corrected chi connectivity index (χ3v) is 6.33. The molecule has 0 aromatic carbocycles. The molecule has 0 radical (unpaired) electrons. The molecule has 0 aliphatic rings. The molecule has 0 aromatic rings. The Labute approximate surface area is 139 Å². The van der Waals surface area contributed by atoms with Crippen molar-refractivity contribution in [3.8, 4) is 0 Å². The first kappa shape index (κ1) is 22.1. The van der Waals surface area contributed by atoms with Gasteiger partial charge in [0.1, 0.15) is 0 Å². The highest BCUT2D eigenvalue weighted by Gasteiger charge is 2.21. The molecular weight excluding hydrogens is 290 g/mol. The molecule has 4 heteroatoms. The Morgan fingerprint density at radius 1 is 0.682 bits per heavy atom. The summed E-state index contributed by atoms with van der Waals surface area (Å²) in [7, 11) is -0.811. The maximum atomic E-state index is 9.11. The summed E-state index contributed by atoms with van der Waals surface area (Å²) >= 11 is 0. The molecule has 0 unspecified atom stereocenters. The number of hydrogen-bond acceptors (Lipinski definition) is 3. The second kappa shape index (κ2) is 12.5. The number of aliphatic hydroxyl groups is 2. The highest BCUT2D eigenvalue weighted by Crippen LogP contribution is 2.17. The molecule has 0 saturated heterocycles. The van der Waals surface area contributed by atoms with Gasteiger partial charge in [-0.05, 0) is 6.42 Å². The molecule has 22 heavy (non-hydrogen) atoms. The van der Waals surface area contributed by atoms with Crippen molar-refractivity contribution in [2.24, 2.45) is 5.73 Å². The van der Waals surface area contributed by atoms with Crippen molar-refractivity contribution < 1.29 is 10.2 Å². The van der Waals surface area contributed by atoms with Crippen molar-refractivity contribution >= 4 is 8.07 Å². The van der Waals surface area contributed by atoms with E-state index in [1.54, 1.807) is 0 Å². The summed E-state index contributed by atoms with van der Waals surface area (Å²) in [4.78, 5) is 0. The zero-order valence-corrected chi connectivity index (χ0v) is 16.4. The van der Waals surface area contributed by atoms with Crippen LogP contribution in [0.25, 0.3) is 0 Å². The van der Waals surface area contributed by atoms with Gasteiger partial charge in [0.05, 0.1) is 18.8 Å². The van der Waals surface area contributed by atoms with Crippen LogP contribution < -0.4 is 5.73 Å². The minimum Gasteiger partial charge on any atom is -0.394 e. The Morgan fingerprint density at radius 3 is 1.41 bits per heavy atom. The Balaban J connectivity index is 3.24. The van der Waals surface area contributed by atoms with Crippen molar-refractivity contribution in [2.45, 2.75) is 102 Å². The fourth-order valence-electron chi connectivity index (χ4n) is 2.75. The largest absolute Gasteiger partial charge is 0.394 e. The summed E-state index contributed by atoms with van der Waals surface area (Å²) in [5.74, 6) is 0.